The van der Waals surface area contributed by atoms with Gasteiger partial charge in [0.2, 0.25) is 0 Å². The van der Waals surface area contributed by atoms with Gasteiger partial charge >= 0.3 is 0 Å². The average molecular weight is 298 g/mol. The van der Waals surface area contributed by atoms with Crippen LogP contribution in [-0.2, 0) is 6.54 Å². The minimum Gasteiger partial charge on any atom is -0.397 e. The molecule has 0 spiro atoms. The van der Waals surface area contributed by atoms with E-state index in [1.165, 1.54) is 0 Å². The molecule has 0 amide bonds. The number of hydrogen-bond acceptors (Lipinski definition) is 5. The molecule has 0 fully saturated rings. The molecule has 1 aromatic carbocycles. The lowest BCUT2D eigenvalue weighted by molar-refractivity contribution is 0.879. The van der Waals surface area contributed by atoms with Crippen LogP contribution in [0.5, 0.6) is 0 Å². The highest BCUT2D eigenvalue weighted by Crippen LogP contribution is 2.32. The molecule has 0 aliphatic heterocycles. The Bertz CT molecular complexity index is 794. The van der Waals surface area contributed by atoms with Gasteiger partial charge in [0.25, 0.3) is 0 Å². The van der Waals surface area contributed by atoms with Crippen molar-refractivity contribution < 1.29 is 0 Å². The maximum Gasteiger partial charge on any atom is 0.0907 e. The number of nitrogens with zero attached hydrogens (tertiary/aromatic N) is 3. The van der Waals surface area contributed by atoms with Gasteiger partial charge in [-0.05, 0) is 38.1 Å². The van der Waals surface area contributed by atoms with E-state index in [0.717, 1.165) is 44.5 Å². The van der Waals surface area contributed by atoms with Crippen LogP contribution >= 0.6 is 11.3 Å². The molecule has 5 heteroatoms. The van der Waals surface area contributed by atoms with E-state index in [9.17, 15) is 0 Å². The van der Waals surface area contributed by atoms with Crippen LogP contribution in [0, 0.1) is 13.8 Å². The second kappa shape index (κ2) is 5.33. The highest BCUT2D eigenvalue weighted by molar-refractivity contribution is 7.18. The molecule has 2 N–H and O–H groups in total. The quantitative estimate of drug-likeness (QED) is 0.752. The Morgan fingerprint density at radius 1 is 1.19 bits per heavy atom. The molecule has 0 aliphatic carbocycles. The van der Waals surface area contributed by atoms with Crippen LogP contribution in [0.15, 0.2) is 30.3 Å². The summed E-state index contributed by atoms with van der Waals surface area (Å²) in [6.07, 6.45) is 0. The Labute approximate surface area is 128 Å². The summed E-state index contributed by atoms with van der Waals surface area (Å²) < 4.78 is 1.14. The molecule has 0 unspecified atom stereocenters. The molecule has 3 aromatic rings. The van der Waals surface area contributed by atoms with Crippen LogP contribution in [0.25, 0.3) is 10.2 Å². The Morgan fingerprint density at radius 2 is 2.00 bits per heavy atom. The van der Waals surface area contributed by atoms with Crippen molar-refractivity contribution in [1.82, 2.24) is 9.97 Å². The third kappa shape index (κ3) is 2.83. The van der Waals surface area contributed by atoms with E-state index in [1.807, 2.05) is 45.2 Å². The number of aryl methyl sites for hydroxylation is 2. The highest BCUT2D eigenvalue weighted by Gasteiger charge is 2.11. The first-order valence-corrected chi connectivity index (χ1v) is 7.65. The highest BCUT2D eigenvalue weighted by atomic mass is 32.1. The number of pyridine rings is 1. The third-order valence-electron chi connectivity index (χ3n) is 3.40. The predicted octanol–water partition coefficient (Wildman–Crippen LogP) is 3.53. The fraction of sp³-hybridized carbons (Fsp3) is 0.250. The number of hydrogen-bond donors (Lipinski definition) is 1. The summed E-state index contributed by atoms with van der Waals surface area (Å²) in [6.45, 7) is 4.74. The smallest absolute Gasteiger partial charge is 0.0907 e. The Balaban J connectivity index is 1.93. The zero-order valence-electron chi connectivity index (χ0n) is 12.4. The molecule has 2 heterocycles. The van der Waals surface area contributed by atoms with Crippen molar-refractivity contribution in [1.29, 1.82) is 0 Å². The first-order valence-electron chi connectivity index (χ1n) is 6.83. The van der Waals surface area contributed by atoms with Gasteiger partial charge < -0.3 is 10.6 Å². The van der Waals surface area contributed by atoms with Crippen molar-refractivity contribution in [2.75, 3.05) is 17.7 Å². The Hall–Kier alpha value is -2.14. The van der Waals surface area contributed by atoms with Crippen molar-refractivity contribution >= 4 is 32.9 Å². The summed E-state index contributed by atoms with van der Waals surface area (Å²) in [5, 5.41) is 1.06. The van der Waals surface area contributed by atoms with Crippen molar-refractivity contribution in [3.05, 3.63) is 46.7 Å². The second-order valence-corrected chi connectivity index (χ2v) is 6.47. The Morgan fingerprint density at radius 3 is 2.76 bits per heavy atom. The van der Waals surface area contributed by atoms with Crippen LogP contribution in [0.4, 0.5) is 11.4 Å². The molecule has 2 aromatic heterocycles. The number of rotatable bonds is 3. The standard InChI is InChI=1S/C16H18N4S/c1-10-5-4-6-12(18-10)9-20(3)15-8-14-16(7-13(15)17)21-11(2)19-14/h4-8H,9,17H2,1-3H3. The average Bonchev–Trinajstić information content (AvgIpc) is 2.76. The molecule has 0 saturated carbocycles. The molecule has 0 atom stereocenters. The van der Waals surface area contributed by atoms with Crippen LogP contribution in [0.2, 0.25) is 0 Å². The summed E-state index contributed by atoms with van der Waals surface area (Å²) >= 11 is 1.67. The topological polar surface area (TPSA) is 55.0 Å². The van der Waals surface area contributed by atoms with Gasteiger partial charge in [0.05, 0.1) is 38.8 Å². The molecule has 0 bridgehead atoms. The predicted molar refractivity (Wildman–Crippen MR) is 89.9 cm³/mol. The van der Waals surface area contributed by atoms with Crippen molar-refractivity contribution in [3.63, 3.8) is 0 Å². The lowest BCUT2D eigenvalue weighted by atomic mass is 10.2. The van der Waals surface area contributed by atoms with Crippen LogP contribution in [0.1, 0.15) is 16.4 Å². The monoisotopic (exact) mass is 298 g/mol. The molecule has 21 heavy (non-hydrogen) atoms. The number of thiazole rings is 1. The molecule has 4 nitrogen and oxygen atoms in total. The zero-order valence-corrected chi connectivity index (χ0v) is 13.2. The van der Waals surface area contributed by atoms with Gasteiger partial charge in [-0.1, -0.05) is 6.07 Å². The van der Waals surface area contributed by atoms with Crippen molar-refractivity contribution in [3.8, 4) is 0 Å². The number of nitrogens with two attached hydrogens (primary N) is 1. The number of anilines is 2. The zero-order chi connectivity index (χ0) is 15.0. The summed E-state index contributed by atoms with van der Waals surface area (Å²) in [7, 11) is 2.03. The van der Waals surface area contributed by atoms with Crippen LogP contribution in [-0.4, -0.2) is 17.0 Å². The summed E-state index contributed by atoms with van der Waals surface area (Å²) in [5.41, 5.74) is 11.0. The molecule has 0 radical (unpaired) electrons. The first kappa shape index (κ1) is 13.8. The molecular weight excluding hydrogens is 280 g/mol. The summed E-state index contributed by atoms with van der Waals surface area (Å²) in [6, 6.07) is 10.1. The number of fused-ring (bicyclic) bond motifs is 1. The van der Waals surface area contributed by atoms with Gasteiger partial charge in [0.1, 0.15) is 0 Å². The van der Waals surface area contributed by atoms with Gasteiger partial charge in [-0.15, -0.1) is 11.3 Å². The maximum absolute atomic E-state index is 6.20. The summed E-state index contributed by atoms with van der Waals surface area (Å²) in [5.74, 6) is 0. The lowest BCUT2D eigenvalue weighted by Crippen LogP contribution is -2.18. The summed E-state index contributed by atoms with van der Waals surface area (Å²) in [4.78, 5) is 11.2. The number of nitrogen functional groups attached to an aromatic ring is 1. The largest absolute Gasteiger partial charge is 0.397 e. The number of benzene rings is 1. The van der Waals surface area contributed by atoms with Gasteiger partial charge in [-0.2, -0.15) is 0 Å². The molecule has 0 saturated heterocycles. The fourth-order valence-electron chi connectivity index (χ4n) is 2.44. The molecular formula is C16H18N4S. The van der Waals surface area contributed by atoms with E-state index in [2.05, 4.69) is 20.9 Å². The maximum atomic E-state index is 6.20. The SMILES string of the molecule is Cc1cccc(CN(C)c2cc3nc(C)sc3cc2N)n1. The van der Waals surface area contributed by atoms with Crippen LogP contribution in [0.3, 0.4) is 0 Å². The molecule has 0 aliphatic rings. The molecule has 108 valence electrons. The van der Waals surface area contributed by atoms with Gasteiger partial charge in [0.15, 0.2) is 0 Å². The van der Waals surface area contributed by atoms with Crippen molar-refractivity contribution in [2.45, 2.75) is 20.4 Å². The van der Waals surface area contributed by atoms with E-state index in [1.54, 1.807) is 11.3 Å². The van der Waals surface area contributed by atoms with Crippen LogP contribution < -0.4 is 10.6 Å². The number of aromatic nitrogens is 2. The van der Waals surface area contributed by atoms with Crippen molar-refractivity contribution in [2.24, 2.45) is 0 Å². The minimum absolute atomic E-state index is 0.723. The molecule has 3 rings (SSSR count). The lowest BCUT2D eigenvalue weighted by Gasteiger charge is -2.21. The van der Waals surface area contributed by atoms with Gasteiger partial charge in [-0.3, -0.25) is 4.98 Å². The van der Waals surface area contributed by atoms with E-state index in [4.69, 9.17) is 5.73 Å². The Kier molecular flexibility index (Phi) is 3.51. The second-order valence-electron chi connectivity index (χ2n) is 5.24. The fourth-order valence-corrected chi connectivity index (χ4v) is 3.30. The van der Waals surface area contributed by atoms with Gasteiger partial charge in [0, 0.05) is 12.7 Å². The minimum atomic E-state index is 0.723. The third-order valence-corrected chi connectivity index (χ3v) is 4.33. The first-order chi connectivity index (χ1) is 10.0. The normalized spacial score (nSPS) is 11.0. The van der Waals surface area contributed by atoms with Gasteiger partial charge in [-0.25, -0.2) is 4.98 Å². The van der Waals surface area contributed by atoms with E-state index in [0.29, 0.717) is 0 Å². The van der Waals surface area contributed by atoms with E-state index in [-0.39, 0.29) is 0 Å². The van der Waals surface area contributed by atoms with E-state index < -0.39 is 0 Å². The van der Waals surface area contributed by atoms with E-state index >= 15 is 0 Å².